The van der Waals surface area contributed by atoms with Gasteiger partial charge in [-0.15, -0.1) is 0 Å². The number of hydrogen-bond acceptors (Lipinski definition) is 3. The molecule has 4 nitrogen and oxygen atoms in total. The molecule has 0 saturated carbocycles. The normalized spacial score (nSPS) is 14.0. The minimum atomic E-state index is -0.382. The van der Waals surface area contributed by atoms with Crippen molar-refractivity contribution in [1.82, 2.24) is 10.3 Å². The lowest BCUT2D eigenvalue weighted by Gasteiger charge is -2.31. The molecule has 0 unspecified atom stereocenters. The summed E-state index contributed by atoms with van der Waals surface area (Å²) in [4.78, 5) is 16.2. The van der Waals surface area contributed by atoms with E-state index in [1.807, 2.05) is 45.2 Å². The van der Waals surface area contributed by atoms with Gasteiger partial charge in [0.15, 0.2) is 5.78 Å². The van der Waals surface area contributed by atoms with Gasteiger partial charge >= 0.3 is 0 Å². The summed E-state index contributed by atoms with van der Waals surface area (Å²) in [5.41, 5.74) is 1.68. The average Bonchev–Trinajstić information content (AvgIpc) is 2.85. The Morgan fingerprint density at radius 1 is 1.21 bits per heavy atom. The molecule has 0 spiro atoms. The monoisotopic (exact) mass is 330 g/mol. The molecule has 1 aromatic carbocycles. The van der Waals surface area contributed by atoms with E-state index in [1.54, 1.807) is 7.11 Å². The lowest BCUT2D eigenvalue weighted by molar-refractivity contribution is -0.128. The number of carbonyl (C=O) groups excluding carboxylic acids is 1. The van der Waals surface area contributed by atoms with Gasteiger partial charge in [0, 0.05) is 28.1 Å². The third-order valence-electron chi connectivity index (χ3n) is 4.06. The number of ketones is 1. The number of aromatic amines is 1. The van der Waals surface area contributed by atoms with Crippen LogP contribution in [0.2, 0.25) is 0 Å². The van der Waals surface area contributed by atoms with Crippen molar-refractivity contribution in [3.63, 3.8) is 0 Å². The average molecular weight is 330 g/mol. The van der Waals surface area contributed by atoms with Crippen molar-refractivity contribution in [2.45, 2.75) is 59.5 Å². The maximum atomic E-state index is 12.9. The van der Waals surface area contributed by atoms with E-state index in [4.69, 9.17) is 4.74 Å². The van der Waals surface area contributed by atoms with Gasteiger partial charge in [0.2, 0.25) is 0 Å². The largest absolute Gasteiger partial charge is 0.497 e. The third kappa shape index (κ3) is 4.38. The Bertz CT molecular complexity index is 717. The number of benzene rings is 1. The molecule has 0 aliphatic rings. The predicted molar refractivity (Wildman–Crippen MR) is 99.7 cm³/mol. The van der Waals surface area contributed by atoms with Gasteiger partial charge in [0.05, 0.1) is 13.2 Å². The number of ether oxygens (including phenoxy) is 1. The number of methoxy groups -OCH3 is 1. The summed E-state index contributed by atoms with van der Waals surface area (Å²) in [7, 11) is 1.67. The van der Waals surface area contributed by atoms with Crippen molar-refractivity contribution in [2.75, 3.05) is 7.11 Å². The molecule has 2 aromatic rings. The van der Waals surface area contributed by atoms with Crippen molar-refractivity contribution in [1.29, 1.82) is 0 Å². The topological polar surface area (TPSA) is 54.1 Å². The molecule has 0 aliphatic carbocycles. The van der Waals surface area contributed by atoms with E-state index in [-0.39, 0.29) is 22.8 Å². The number of Topliss-reactive ketones (excluding diaryl/α,β-unsaturated/α-hetero) is 1. The van der Waals surface area contributed by atoms with Crippen LogP contribution in [0.1, 0.15) is 47.1 Å². The van der Waals surface area contributed by atoms with Gasteiger partial charge < -0.3 is 15.0 Å². The first-order chi connectivity index (χ1) is 11.0. The van der Waals surface area contributed by atoms with Crippen LogP contribution in [0.5, 0.6) is 5.75 Å². The van der Waals surface area contributed by atoms with E-state index in [0.29, 0.717) is 6.42 Å². The molecule has 0 saturated heterocycles. The van der Waals surface area contributed by atoms with E-state index in [2.05, 4.69) is 31.1 Å². The molecular weight excluding hydrogens is 300 g/mol. The Hall–Kier alpha value is -1.81. The SMILES string of the molecule is COc1ccc2[nH]cc(C[C@H](NC(C)(C)C)C(=O)C(C)(C)C)c2c1. The molecule has 0 radical (unpaired) electrons. The standard InChI is InChI=1S/C20H30N2O2/c1-19(2,3)18(23)17(22-20(4,5)6)10-13-12-21-16-9-8-14(24-7)11-15(13)16/h8-9,11-12,17,21-22H,10H2,1-7H3/t17-/m0/s1. The summed E-state index contributed by atoms with van der Waals surface area (Å²) in [5.74, 6) is 1.06. The number of fused-ring (bicyclic) bond motifs is 1. The van der Waals surface area contributed by atoms with Crippen LogP contribution in [0.25, 0.3) is 10.9 Å². The Morgan fingerprint density at radius 2 is 1.88 bits per heavy atom. The summed E-state index contributed by atoms with van der Waals surface area (Å²) < 4.78 is 5.34. The highest BCUT2D eigenvalue weighted by Crippen LogP contribution is 2.27. The third-order valence-corrected chi connectivity index (χ3v) is 4.06. The first-order valence-electron chi connectivity index (χ1n) is 8.47. The Labute approximate surface area is 145 Å². The van der Waals surface area contributed by atoms with E-state index < -0.39 is 0 Å². The molecule has 24 heavy (non-hydrogen) atoms. The van der Waals surface area contributed by atoms with E-state index in [0.717, 1.165) is 22.2 Å². The number of rotatable bonds is 5. The molecule has 132 valence electrons. The van der Waals surface area contributed by atoms with Crippen molar-refractivity contribution in [2.24, 2.45) is 5.41 Å². The smallest absolute Gasteiger partial charge is 0.155 e. The van der Waals surface area contributed by atoms with Gasteiger partial charge in [-0.3, -0.25) is 4.79 Å². The molecule has 0 fully saturated rings. The molecule has 2 rings (SSSR count). The number of H-pyrrole nitrogens is 1. The fourth-order valence-corrected chi connectivity index (χ4v) is 2.93. The molecule has 0 bridgehead atoms. The van der Waals surface area contributed by atoms with E-state index in [9.17, 15) is 4.79 Å². The lowest BCUT2D eigenvalue weighted by Crippen LogP contribution is -2.51. The minimum absolute atomic E-state index is 0.130. The molecule has 0 amide bonds. The summed E-state index contributed by atoms with van der Waals surface area (Å²) in [5, 5.41) is 4.61. The molecule has 2 N–H and O–H groups in total. The van der Waals surface area contributed by atoms with E-state index in [1.165, 1.54) is 0 Å². The fourth-order valence-electron chi connectivity index (χ4n) is 2.93. The van der Waals surface area contributed by atoms with Gasteiger partial charge in [-0.25, -0.2) is 0 Å². The quantitative estimate of drug-likeness (QED) is 0.868. The Kier molecular flexibility index (Phi) is 5.09. The van der Waals surface area contributed by atoms with Gasteiger partial charge in [0.25, 0.3) is 0 Å². The lowest BCUT2D eigenvalue weighted by atomic mass is 9.83. The molecular formula is C20H30N2O2. The van der Waals surface area contributed by atoms with Crippen LogP contribution in [-0.2, 0) is 11.2 Å². The first kappa shape index (κ1) is 18.5. The second-order valence-corrected chi connectivity index (χ2v) is 8.49. The van der Waals surface area contributed by atoms with Gasteiger partial charge in [-0.1, -0.05) is 20.8 Å². The molecule has 1 aromatic heterocycles. The summed E-state index contributed by atoms with van der Waals surface area (Å²) in [6.45, 7) is 12.2. The molecule has 1 heterocycles. The van der Waals surface area contributed by atoms with Gasteiger partial charge in [-0.05, 0) is 51.0 Å². The number of aromatic nitrogens is 1. The summed E-state index contributed by atoms with van der Waals surface area (Å²) >= 11 is 0. The van der Waals surface area contributed by atoms with Crippen LogP contribution in [0.4, 0.5) is 0 Å². The van der Waals surface area contributed by atoms with Crippen molar-refractivity contribution >= 4 is 16.7 Å². The maximum Gasteiger partial charge on any atom is 0.155 e. The first-order valence-corrected chi connectivity index (χ1v) is 8.47. The van der Waals surface area contributed by atoms with Crippen LogP contribution in [0, 0.1) is 5.41 Å². The maximum absolute atomic E-state index is 12.9. The zero-order chi connectivity index (χ0) is 18.1. The number of carbonyl (C=O) groups is 1. The van der Waals surface area contributed by atoms with Gasteiger partial charge in [-0.2, -0.15) is 0 Å². The number of nitrogens with one attached hydrogen (secondary N) is 2. The Balaban J connectivity index is 2.37. The fraction of sp³-hybridized carbons (Fsp3) is 0.550. The predicted octanol–water partition coefficient (Wildman–Crippen LogP) is 4.09. The zero-order valence-electron chi connectivity index (χ0n) is 15.9. The van der Waals surface area contributed by atoms with Crippen LogP contribution in [0.15, 0.2) is 24.4 Å². The van der Waals surface area contributed by atoms with Crippen molar-refractivity contribution in [3.8, 4) is 5.75 Å². The molecule has 4 heteroatoms. The van der Waals surface area contributed by atoms with Crippen LogP contribution < -0.4 is 10.1 Å². The Morgan fingerprint density at radius 3 is 2.42 bits per heavy atom. The van der Waals surface area contributed by atoms with Crippen LogP contribution >= 0.6 is 0 Å². The van der Waals surface area contributed by atoms with Crippen molar-refractivity contribution < 1.29 is 9.53 Å². The summed E-state index contributed by atoms with van der Waals surface area (Å²) in [6.07, 6.45) is 2.65. The van der Waals surface area contributed by atoms with E-state index >= 15 is 0 Å². The highest BCUT2D eigenvalue weighted by molar-refractivity contribution is 5.90. The highest BCUT2D eigenvalue weighted by Gasteiger charge is 2.32. The van der Waals surface area contributed by atoms with Crippen molar-refractivity contribution in [3.05, 3.63) is 30.0 Å². The molecule has 0 aliphatic heterocycles. The van der Waals surface area contributed by atoms with Crippen LogP contribution in [-0.4, -0.2) is 29.5 Å². The minimum Gasteiger partial charge on any atom is -0.497 e. The van der Waals surface area contributed by atoms with Crippen LogP contribution in [0.3, 0.4) is 0 Å². The summed E-state index contributed by atoms with van der Waals surface area (Å²) in [6, 6.07) is 5.75. The second kappa shape index (κ2) is 6.60. The van der Waals surface area contributed by atoms with Gasteiger partial charge in [0.1, 0.15) is 5.75 Å². The highest BCUT2D eigenvalue weighted by atomic mass is 16.5. The molecule has 1 atom stereocenters. The number of hydrogen-bond donors (Lipinski definition) is 2. The zero-order valence-corrected chi connectivity index (χ0v) is 15.9. The second-order valence-electron chi connectivity index (χ2n) is 8.49.